The zero-order chi connectivity index (χ0) is 11.2. The maximum Gasteiger partial charge on any atom is 0.0221 e. The van der Waals surface area contributed by atoms with Gasteiger partial charge in [0.2, 0.25) is 0 Å². The lowest BCUT2D eigenvalue weighted by Gasteiger charge is -2.26. The largest absolute Gasteiger partial charge is 0.315 e. The second-order valence-corrected chi connectivity index (χ2v) is 5.19. The van der Waals surface area contributed by atoms with E-state index in [1.165, 1.54) is 65.0 Å². The number of hydrogen-bond acceptors (Lipinski definition) is 3. The van der Waals surface area contributed by atoms with Crippen LogP contribution in [0.2, 0.25) is 0 Å². The molecule has 0 aromatic carbocycles. The minimum Gasteiger partial charge on any atom is -0.315 e. The fourth-order valence-electron chi connectivity index (χ4n) is 3.01. The van der Waals surface area contributed by atoms with Gasteiger partial charge in [-0.1, -0.05) is 6.92 Å². The molecule has 16 heavy (non-hydrogen) atoms. The Bertz CT molecular complexity index is 190. The van der Waals surface area contributed by atoms with Gasteiger partial charge < -0.3 is 10.2 Å². The Hall–Kier alpha value is -0.120. The highest BCUT2D eigenvalue weighted by atomic mass is 15.2. The van der Waals surface area contributed by atoms with Gasteiger partial charge >= 0.3 is 0 Å². The van der Waals surface area contributed by atoms with Gasteiger partial charge in [0.15, 0.2) is 0 Å². The summed E-state index contributed by atoms with van der Waals surface area (Å²) in [5, 5.41) is 3.49. The number of likely N-dealkylation sites (tertiary alicyclic amines) is 2. The Labute approximate surface area is 100 Å². The molecule has 2 rings (SSSR count). The van der Waals surface area contributed by atoms with Crippen LogP contribution in [-0.2, 0) is 0 Å². The van der Waals surface area contributed by atoms with Crippen LogP contribution in [0.3, 0.4) is 0 Å². The number of hydrogen-bond donors (Lipinski definition) is 1. The van der Waals surface area contributed by atoms with Crippen LogP contribution in [0.25, 0.3) is 0 Å². The zero-order valence-corrected chi connectivity index (χ0v) is 10.7. The van der Waals surface area contributed by atoms with Crippen molar-refractivity contribution in [3.8, 4) is 0 Å². The fourth-order valence-corrected chi connectivity index (χ4v) is 3.01. The van der Waals surface area contributed by atoms with Gasteiger partial charge in [0, 0.05) is 25.7 Å². The molecule has 2 fully saturated rings. The molecule has 0 bridgehead atoms. The van der Waals surface area contributed by atoms with E-state index in [2.05, 4.69) is 22.0 Å². The average molecular weight is 225 g/mol. The van der Waals surface area contributed by atoms with Crippen molar-refractivity contribution in [2.45, 2.75) is 38.6 Å². The lowest BCUT2D eigenvalue weighted by Crippen LogP contribution is -2.41. The Morgan fingerprint density at radius 1 is 1.06 bits per heavy atom. The van der Waals surface area contributed by atoms with Crippen molar-refractivity contribution in [1.82, 2.24) is 15.1 Å². The standard InChI is InChI=1S/C13H27N3/c1-2-14-12-13-6-5-9-16(13)11-10-15-7-3-4-8-15/h13-14H,2-12H2,1H3. The van der Waals surface area contributed by atoms with E-state index < -0.39 is 0 Å². The van der Waals surface area contributed by atoms with Crippen LogP contribution in [0.5, 0.6) is 0 Å². The summed E-state index contributed by atoms with van der Waals surface area (Å²) in [6.45, 7) is 11.1. The molecule has 0 radical (unpaired) electrons. The third-order valence-corrected chi connectivity index (χ3v) is 4.03. The maximum atomic E-state index is 3.49. The lowest BCUT2D eigenvalue weighted by molar-refractivity contribution is 0.209. The molecule has 1 N–H and O–H groups in total. The summed E-state index contributed by atoms with van der Waals surface area (Å²) in [7, 11) is 0. The third-order valence-electron chi connectivity index (χ3n) is 4.03. The van der Waals surface area contributed by atoms with Gasteiger partial charge in [0.25, 0.3) is 0 Å². The second-order valence-electron chi connectivity index (χ2n) is 5.19. The van der Waals surface area contributed by atoms with E-state index in [9.17, 15) is 0 Å². The molecule has 2 saturated heterocycles. The van der Waals surface area contributed by atoms with E-state index in [-0.39, 0.29) is 0 Å². The Morgan fingerprint density at radius 3 is 2.62 bits per heavy atom. The van der Waals surface area contributed by atoms with Crippen LogP contribution in [0, 0.1) is 0 Å². The molecule has 2 aliphatic heterocycles. The molecule has 0 amide bonds. The van der Waals surface area contributed by atoms with Crippen LogP contribution in [0.4, 0.5) is 0 Å². The Kier molecular flexibility index (Phi) is 5.07. The van der Waals surface area contributed by atoms with E-state index in [0.717, 1.165) is 12.6 Å². The van der Waals surface area contributed by atoms with Crippen molar-refractivity contribution in [3.63, 3.8) is 0 Å². The van der Waals surface area contributed by atoms with Crippen molar-refractivity contribution < 1.29 is 0 Å². The summed E-state index contributed by atoms with van der Waals surface area (Å²) in [4.78, 5) is 5.32. The molecule has 3 nitrogen and oxygen atoms in total. The number of likely N-dealkylation sites (N-methyl/N-ethyl adjacent to an activating group) is 1. The van der Waals surface area contributed by atoms with E-state index >= 15 is 0 Å². The first-order valence-electron chi connectivity index (χ1n) is 7.07. The molecule has 0 spiro atoms. The minimum atomic E-state index is 0.808. The van der Waals surface area contributed by atoms with Gasteiger partial charge in [-0.05, 0) is 51.9 Å². The number of nitrogens with zero attached hydrogens (tertiary/aromatic N) is 2. The molecule has 1 unspecified atom stereocenters. The van der Waals surface area contributed by atoms with Crippen molar-refractivity contribution in [3.05, 3.63) is 0 Å². The molecule has 94 valence electrons. The topological polar surface area (TPSA) is 18.5 Å². The summed E-state index contributed by atoms with van der Waals surface area (Å²) < 4.78 is 0. The Morgan fingerprint density at radius 2 is 1.88 bits per heavy atom. The zero-order valence-electron chi connectivity index (χ0n) is 10.7. The Balaban J connectivity index is 1.66. The molecule has 3 heteroatoms. The molecule has 2 heterocycles. The average Bonchev–Trinajstić information content (AvgIpc) is 2.94. The summed E-state index contributed by atoms with van der Waals surface area (Å²) >= 11 is 0. The molecule has 0 saturated carbocycles. The molecule has 0 aromatic heterocycles. The first-order chi connectivity index (χ1) is 7.90. The van der Waals surface area contributed by atoms with E-state index in [4.69, 9.17) is 0 Å². The maximum absolute atomic E-state index is 3.49. The first-order valence-corrected chi connectivity index (χ1v) is 7.07. The van der Waals surface area contributed by atoms with Crippen molar-refractivity contribution >= 4 is 0 Å². The quantitative estimate of drug-likeness (QED) is 0.732. The number of nitrogens with one attached hydrogen (secondary N) is 1. The third kappa shape index (κ3) is 3.44. The molecule has 0 aliphatic carbocycles. The van der Waals surface area contributed by atoms with Crippen LogP contribution in [-0.4, -0.2) is 61.7 Å². The van der Waals surface area contributed by atoms with Crippen molar-refractivity contribution in [1.29, 1.82) is 0 Å². The van der Waals surface area contributed by atoms with Gasteiger partial charge in [-0.2, -0.15) is 0 Å². The predicted octanol–water partition coefficient (Wildman–Crippen LogP) is 1.16. The highest BCUT2D eigenvalue weighted by molar-refractivity contribution is 4.81. The van der Waals surface area contributed by atoms with Gasteiger partial charge in [0.05, 0.1) is 0 Å². The van der Waals surface area contributed by atoms with Gasteiger partial charge in [-0.25, -0.2) is 0 Å². The van der Waals surface area contributed by atoms with Gasteiger partial charge in [0.1, 0.15) is 0 Å². The summed E-state index contributed by atoms with van der Waals surface area (Å²) in [5.74, 6) is 0. The molecule has 0 aromatic rings. The monoisotopic (exact) mass is 225 g/mol. The van der Waals surface area contributed by atoms with Gasteiger partial charge in [-0.15, -0.1) is 0 Å². The molecular weight excluding hydrogens is 198 g/mol. The van der Waals surface area contributed by atoms with Crippen LogP contribution < -0.4 is 5.32 Å². The smallest absolute Gasteiger partial charge is 0.0221 e. The van der Waals surface area contributed by atoms with Gasteiger partial charge in [-0.3, -0.25) is 4.90 Å². The van der Waals surface area contributed by atoms with Crippen LogP contribution >= 0.6 is 0 Å². The lowest BCUT2D eigenvalue weighted by atomic mass is 10.2. The SMILES string of the molecule is CCNCC1CCCN1CCN1CCCC1. The summed E-state index contributed by atoms with van der Waals surface area (Å²) in [5.41, 5.74) is 0. The molecule has 1 atom stereocenters. The highest BCUT2D eigenvalue weighted by Crippen LogP contribution is 2.16. The first kappa shape index (κ1) is 12.3. The van der Waals surface area contributed by atoms with Crippen LogP contribution in [0.1, 0.15) is 32.6 Å². The van der Waals surface area contributed by atoms with E-state index in [1.807, 2.05) is 0 Å². The molecular formula is C13H27N3. The van der Waals surface area contributed by atoms with E-state index in [1.54, 1.807) is 0 Å². The second kappa shape index (κ2) is 6.58. The van der Waals surface area contributed by atoms with Crippen molar-refractivity contribution in [2.24, 2.45) is 0 Å². The van der Waals surface area contributed by atoms with Crippen LogP contribution in [0.15, 0.2) is 0 Å². The van der Waals surface area contributed by atoms with E-state index in [0.29, 0.717) is 0 Å². The van der Waals surface area contributed by atoms with Crippen molar-refractivity contribution in [2.75, 3.05) is 45.8 Å². The fraction of sp³-hybridized carbons (Fsp3) is 1.00. The summed E-state index contributed by atoms with van der Waals surface area (Å²) in [6.07, 6.45) is 5.63. The summed E-state index contributed by atoms with van der Waals surface area (Å²) in [6, 6.07) is 0.808. The normalized spacial score (nSPS) is 27.9. The predicted molar refractivity (Wildman–Crippen MR) is 68.8 cm³/mol. The minimum absolute atomic E-state index is 0.808. The number of rotatable bonds is 6. The highest BCUT2D eigenvalue weighted by Gasteiger charge is 2.24. The molecule has 2 aliphatic rings.